The van der Waals surface area contributed by atoms with Gasteiger partial charge in [0.05, 0.1) is 33.1 Å². The second-order valence-electron chi connectivity index (χ2n) is 15.6. The molecule has 0 radical (unpaired) electrons. The standard InChI is InChI=1S/C56H37N3S/c1-2-37-28-29-40(34-53(37)60-56-47(32-36-16-5-3-6-17-36)55-44-23-10-9-21-42(44)50-26-15-27-52(56)59(50)55)39-30-31-51-46(33-39)43-22-12-14-25-49(43)58(51)54-35-45(38-18-7-4-8-19-38)41-20-11-13-24-48(41)57-54/h2-31,33-35H,1,32H2. The zero-order valence-electron chi connectivity index (χ0n) is 32.7. The van der Waals surface area contributed by atoms with E-state index in [1.165, 1.54) is 81.3 Å². The Labute approximate surface area is 351 Å². The van der Waals surface area contributed by atoms with Gasteiger partial charge in [0, 0.05) is 43.1 Å². The average molecular weight is 784 g/mol. The molecule has 0 fully saturated rings. The van der Waals surface area contributed by atoms with Gasteiger partial charge in [0.1, 0.15) is 5.82 Å². The van der Waals surface area contributed by atoms with E-state index in [0.29, 0.717) is 0 Å². The van der Waals surface area contributed by atoms with Gasteiger partial charge in [0.15, 0.2) is 0 Å². The number of para-hydroxylation sites is 2. The van der Waals surface area contributed by atoms with Crippen LogP contribution in [0.2, 0.25) is 0 Å². The van der Waals surface area contributed by atoms with E-state index in [4.69, 9.17) is 4.98 Å². The van der Waals surface area contributed by atoms with Crippen molar-refractivity contribution in [3.8, 4) is 28.1 Å². The maximum Gasteiger partial charge on any atom is 0.138 e. The van der Waals surface area contributed by atoms with Crippen molar-refractivity contribution in [2.24, 2.45) is 0 Å². The highest BCUT2D eigenvalue weighted by atomic mass is 32.2. The lowest BCUT2D eigenvalue weighted by Gasteiger charge is -2.13. The molecule has 0 N–H and O–H groups in total. The molecule has 0 aliphatic heterocycles. The van der Waals surface area contributed by atoms with Crippen LogP contribution in [0.3, 0.4) is 0 Å². The molecule has 0 aliphatic carbocycles. The largest absolute Gasteiger partial charge is 0.308 e. The van der Waals surface area contributed by atoms with Gasteiger partial charge >= 0.3 is 0 Å². The van der Waals surface area contributed by atoms with Crippen LogP contribution in [0.15, 0.2) is 210 Å². The number of pyridine rings is 2. The van der Waals surface area contributed by atoms with E-state index in [0.717, 1.165) is 39.7 Å². The number of nitrogens with zero attached hydrogens (tertiary/aromatic N) is 3. The summed E-state index contributed by atoms with van der Waals surface area (Å²) in [6, 6.07) is 70.2. The normalized spacial score (nSPS) is 11.9. The van der Waals surface area contributed by atoms with Crippen LogP contribution in [-0.2, 0) is 6.42 Å². The van der Waals surface area contributed by atoms with Crippen LogP contribution in [-0.4, -0.2) is 14.0 Å². The Hall–Kier alpha value is -7.40. The van der Waals surface area contributed by atoms with Crippen molar-refractivity contribution in [1.29, 1.82) is 0 Å². The Morgan fingerprint density at radius 1 is 0.500 bits per heavy atom. The van der Waals surface area contributed by atoms with Gasteiger partial charge < -0.3 is 4.40 Å². The van der Waals surface area contributed by atoms with E-state index in [2.05, 4.69) is 210 Å². The summed E-state index contributed by atoms with van der Waals surface area (Å²) in [5.41, 5.74) is 15.5. The first kappa shape index (κ1) is 34.6. The Balaban J connectivity index is 1.01. The molecule has 5 aromatic heterocycles. The van der Waals surface area contributed by atoms with Crippen molar-refractivity contribution in [2.45, 2.75) is 16.2 Å². The number of aromatic nitrogens is 3. The minimum Gasteiger partial charge on any atom is -0.308 e. The van der Waals surface area contributed by atoms with Crippen molar-refractivity contribution >= 4 is 77.9 Å². The first-order valence-electron chi connectivity index (χ1n) is 20.5. The molecule has 282 valence electrons. The van der Waals surface area contributed by atoms with Crippen molar-refractivity contribution in [1.82, 2.24) is 14.0 Å². The summed E-state index contributed by atoms with van der Waals surface area (Å²) < 4.78 is 4.81. The van der Waals surface area contributed by atoms with Crippen molar-refractivity contribution in [2.75, 3.05) is 0 Å². The molecular weight excluding hydrogens is 747 g/mol. The molecule has 4 heteroatoms. The van der Waals surface area contributed by atoms with E-state index in [1.54, 1.807) is 0 Å². The Kier molecular flexibility index (Phi) is 8.00. The molecule has 12 rings (SSSR count). The van der Waals surface area contributed by atoms with Crippen molar-refractivity contribution in [3.63, 3.8) is 0 Å². The van der Waals surface area contributed by atoms with Gasteiger partial charge in [0.25, 0.3) is 0 Å². The summed E-state index contributed by atoms with van der Waals surface area (Å²) in [5, 5.41) is 6.13. The van der Waals surface area contributed by atoms with E-state index in [1.807, 2.05) is 17.8 Å². The van der Waals surface area contributed by atoms with Crippen molar-refractivity contribution in [3.05, 3.63) is 217 Å². The quantitative estimate of drug-likeness (QED) is 0.153. The third kappa shape index (κ3) is 5.42. The molecule has 0 atom stereocenters. The van der Waals surface area contributed by atoms with E-state index < -0.39 is 0 Å². The smallest absolute Gasteiger partial charge is 0.138 e. The van der Waals surface area contributed by atoms with Gasteiger partial charge in [0.2, 0.25) is 0 Å². The summed E-state index contributed by atoms with van der Waals surface area (Å²) in [5.74, 6) is 0.907. The Morgan fingerprint density at radius 3 is 1.95 bits per heavy atom. The second-order valence-corrected chi connectivity index (χ2v) is 16.6. The fourth-order valence-electron chi connectivity index (χ4n) is 9.42. The minimum atomic E-state index is 0.844. The SMILES string of the molecule is C=Cc1ccc(-c2ccc3c(c2)c2ccccc2n3-c2cc(-c3ccccc3)c3ccccc3n2)cc1Sc1c(Cc2ccccc2)c2c3ccccc3c3cccc1n32. The third-order valence-corrected chi connectivity index (χ3v) is 13.4. The van der Waals surface area contributed by atoms with Crippen LogP contribution in [0.4, 0.5) is 0 Å². The van der Waals surface area contributed by atoms with Gasteiger partial charge in [-0.25, -0.2) is 4.98 Å². The number of benzene rings is 7. The number of hydrogen-bond acceptors (Lipinski definition) is 2. The molecule has 0 aliphatic rings. The first-order chi connectivity index (χ1) is 29.7. The fourth-order valence-corrected chi connectivity index (χ4v) is 10.7. The highest BCUT2D eigenvalue weighted by Crippen LogP contribution is 2.46. The molecule has 12 aromatic rings. The predicted octanol–water partition coefficient (Wildman–Crippen LogP) is 15.0. The summed E-state index contributed by atoms with van der Waals surface area (Å²) in [6.07, 6.45) is 2.84. The van der Waals surface area contributed by atoms with Gasteiger partial charge in [-0.3, -0.25) is 4.57 Å². The molecule has 0 saturated carbocycles. The van der Waals surface area contributed by atoms with Crippen LogP contribution in [0.25, 0.3) is 94.2 Å². The number of fused-ring (bicyclic) bond motifs is 7. The maximum atomic E-state index is 5.28. The molecule has 0 saturated heterocycles. The zero-order chi connectivity index (χ0) is 39.7. The fraction of sp³-hybridized carbons (Fsp3) is 0.0179. The Bertz CT molecular complexity index is 3620. The number of hydrogen-bond donors (Lipinski definition) is 0. The molecule has 3 nitrogen and oxygen atoms in total. The maximum absolute atomic E-state index is 5.28. The van der Waals surface area contributed by atoms with E-state index >= 15 is 0 Å². The van der Waals surface area contributed by atoms with Gasteiger partial charge in [-0.15, -0.1) is 0 Å². The highest BCUT2D eigenvalue weighted by molar-refractivity contribution is 7.99. The molecule has 0 bridgehead atoms. The van der Waals surface area contributed by atoms with Crippen LogP contribution >= 0.6 is 11.8 Å². The summed E-state index contributed by atoms with van der Waals surface area (Å²) in [7, 11) is 0. The van der Waals surface area contributed by atoms with Gasteiger partial charge in [-0.2, -0.15) is 0 Å². The van der Waals surface area contributed by atoms with Crippen LogP contribution in [0, 0.1) is 0 Å². The van der Waals surface area contributed by atoms with Crippen LogP contribution in [0.5, 0.6) is 0 Å². The summed E-state index contributed by atoms with van der Waals surface area (Å²) in [6.45, 7) is 4.27. The monoisotopic (exact) mass is 783 g/mol. The first-order valence-corrected chi connectivity index (χ1v) is 21.3. The van der Waals surface area contributed by atoms with Crippen LogP contribution in [0.1, 0.15) is 16.7 Å². The molecule has 0 spiro atoms. The third-order valence-electron chi connectivity index (χ3n) is 12.2. The van der Waals surface area contributed by atoms with Gasteiger partial charge in [-0.05, 0) is 87.5 Å². The lowest BCUT2D eigenvalue weighted by Crippen LogP contribution is -1.99. The van der Waals surface area contributed by atoms with Crippen molar-refractivity contribution < 1.29 is 0 Å². The topological polar surface area (TPSA) is 22.2 Å². The molecule has 60 heavy (non-hydrogen) atoms. The lowest BCUT2D eigenvalue weighted by atomic mass is 10.0. The molecular formula is C56H37N3S. The predicted molar refractivity (Wildman–Crippen MR) is 254 cm³/mol. The molecule has 0 unspecified atom stereocenters. The Morgan fingerprint density at radius 2 is 1.13 bits per heavy atom. The second kappa shape index (κ2) is 13.9. The average Bonchev–Trinajstić information content (AvgIpc) is 3.94. The highest BCUT2D eigenvalue weighted by Gasteiger charge is 2.24. The molecule has 0 amide bonds. The van der Waals surface area contributed by atoms with Gasteiger partial charge in [-0.1, -0.05) is 170 Å². The number of rotatable bonds is 8. The summed E-state index contributed by atoms with van der Waals surface area (Å²) in [4.78, 5) is 7.76. The van der Waals surface area contributed by atoms with Crippen LogP contribution < -0.4 is 0 Å². The molecule has 5 heterocycles. The van der Waals surface area contributed by atoms with E-state index in [-0.39, 0.29) is 0 Å². The molecule has 7 aromatic carbocycles. The zero-order valence-corrected chi connectivity index (χ0v) is 33.5. The minimum absolute atomic E-state index is 0.844. The lowest BCUT2D eigenvalue weighted by molar-refractivity contribution is 1.10. The van der Waals surface area contributed by atoms with E-state index in [9.17, 15) is 0 Å². The summed E-state index contributed by atoms with van der Waals surface area (Å²) >= 11 is 1.86.